The molecule has 0 bridgehead atoms. The van der Waals surface area contributed by atoms with Crippen LogP contribution in [0.3, 0.4) is 0 Å². The Labute approximate surface area is 165 Å². The van der Waals surface area contributed by atoms with E-state index in [1.807, 2.05) is 0 Å². The second-order valence-corrected chi connectivity index (χ2v) is 5.58. The molecule has 0 unspecified atom stereocenters. The third-order valence-corrected chi connectivity index (χ3v) is 3.47. The maximum absolute atomic E-state index is 9.65. The van der Waals surface area contributed by atoms with E-state index in [9.17, 15) is 19.8 Å². The summed E-state index contributed by atoms with van der Waals surface area (Å²) >= 11 is 0. The fourth-order valence-corrected chi connectivity index (χ4v) is 1.77. The van der Waals surface area contributed by atoms with E-state index in [1.54, 1.807) is 0 Å². The van der Waals surface area contributed by atoms with Crippen molar-refractivity contribution in [3.8, 4) is 0 Å². The van der Waals surface area contributed by atoms with Gasteiger partial charge in [-0.3, -0.25) is 0 Å². The summed E-state index contributed by atoms with van der Waals surface area (Å²) in [6, 6.07) is 0.536. The molecule has 0 atom stereocenters. The quantitative estimate of drug-likeness (QED) is 0.350. The SMILES string of the molecule is N.NC1CCCCC1.O=C([O-])C1CC1.O=C([O-])C1CC1.[Cl-].[Cl-].[Pt+4]. The van der Waals surface area contributed by atoms with Gasteiger partial charge in [0.1, 0.15) is 0 Å². The molecule has 0 aromatic heterocycles. The molecule has 0 saturated heterocycles. The van der Waals surface area contributed by atoms with E-state index in [0.717, 1.165) is 25.7 Å². The van der Waals surface area contributed by atoms with Gasteiger partial charge >= 0.3 is 21.1 Å². The number of hydrogen-bond acceptors (Lipinski definition) is 6. The molecule has 0 amide bonds. The van der Waals surface area contributed by atoms with Crippen molar-refractivity contribution in [3.63, 3.8) is 0 Å². The van der Waals surface area contributed by atoms with Crippen LogP contribution in [0, 0.1) is 11.8 Å². The van der Waals surface area contributed by atoms with Gasteiger partial charge in [-0.05, 0) is 50.4 Å². The molecule has 0 aromatic carbocycles. The number of aliphatic carboxylic acids is 2. The zero-order valence-electron chi connectivity index (χ0n) is 13.1. The van der Waals surface area contributed by atoms with Gasteiger partial charge in [0.2, 0.25) is 0 Å². The van der Waals surface area contributed by atoms with Gasteiger partial charge in [-0.25, -0.2) is 0 Å². The molecule has 23 heavy (non-hydrogen) atoms. The molecule has 3 saturated carbocycles. The van der Waals surface area contributed by atoms with Crippen molar-refractivity contribution in [3.05, 3.63) is 0 Å². The maximum Gasteiger partial charge on any atom is 4.00 e. The molecule has 6 nitrogen and oxygen atoms in total. The predicted molar refractivity (Wildman–Crippen MR) is 71.5 cm³/mol. The average Bonchev–Trinajstić information content (AvgIpc) is 3.21. The van der Waals surface area contributed by atoms with Crippen molar-refractivity contribution in [2.75, 3.05) is 0 Å². The first-order valence-corrected chi connectivity index (χ1v) is 7.18. The largest absolute Gasteiger partial charge is 4.00 e. The van der Waals surface area contributed by atoms with Crippen molar-refractivity contribution in [1.82, 2.24) is 6.15 Å². The molecule has 0 aliphatic heterocycles. The number of rotatable bonds is 2. The van der Waals surface area contributed by atoms with Crippen LogP contribution in [0.2, 0.25) is 0 Å². The van der Waals surface area contributed by atoms with Gasteiger partial charge < -0.3 is 56.5 Å². The molecular weight excluding hydrogens is 526 g/mol. The van der Waals surface area contributed by atoms with Crippen molar-refractivity contribution in [2.45, 2.75) is 63.8 Å². The first kappa shape index (κ1) is 31.0. The van der Waals surface area contributed by atoms with Crippen LogP contribution in [0.15, 0.2) is 0 Å². The molecular formula is C14H26Cl2N2O4Pt. The number of carbonyl (C=O) groups is 2. The van der Waals surface area contributed by atoms with Crippen molar-refractivity contribution >= 4 is 11.9 Å². The molecule has 3 rings (SSSR count). The fraction of sp³-hybridized carbons (Fsp3) is 0.857. The first-order valence-electron chi connectivity index (χ1n) is 7.18. The summed E-state index contributed by atoms with van der Waals surface area (Å²) in [5.74, 6) is -1.94. The fourth-order valence-electron chi connectivity index (χ4n) is 1.77. The monoisotopic (exact) mass is 551 g/mol. The minimum Gasteiger partial charge on any atom is -1.00 e. The van der Waals surface area contributed by atoms with Gasteiger partial charge in [0.15, 0.2) is 0 Å². The Kier molecular flexibility index (Phi) is 22.8. The Hall–Kier alpha value is 0.128. The van der Waals surface area contributed by atoms with Crippen LogP contribution in [0.25, 0.3) is 0 Å². The molecule has 0 spiro atoms. The van der Waals surface area contributed by atoms with Crippen LogP contribution in [0.1, 0.15) is 57.8 Å². The van der Waals surface area contributed by atoms with E-state index in [4.69, 9.17) is 5.73 Å². The van der Waals surface area contributed by atoms with E-state index < -0.39 is 11.9 Å². The molecule has 9 heteroatoms. The summed E-state index contributed by atoms with van der Waals surface area (Å²) in [5, 5.41) is 19.3. The van der Waals surface area contributed by atoms with Gasteiger partial charge in [0.05, 0.1) is 0 Å². The summed E-state index contributed by atoms with van der Waals surface area (Å²) in [7, 11) is 0. The minimum absolute atomic E-state index is 0. The van der Waals surface area contributed by atoms with Crippen LogP contribution in [-0.4, -0.2) is 18.0 Å². The van der Waals surface area contributed by atoms with E-state index in [2.05, 4.69) is 0 Å². The van der Waals surface area contributed by atoms with Gasteiger partial charge in [-0.2, -0.15) is 0 Å². The average molecular weight is 552 g/mol. The van der Waals surface area contributed by atoms with E-state index in [1.165, 1.54) is 32.1 Å². The third-order valence-electron chi connectivity index (χ3n) is 3.47. The normalized spacial score (nSPS) is 18.5. The summed E-state index contributed by atoms with van der Waals surface area (Å²) in [6.45, 7) is 0. The number of carbonyl (C=O) groups excluding carboxylic acids is 2. The summed E-state index contributed by atoms with van der Waals surface area (Å²) in [4.78, 5) is 19.3. The Balaban J connectivity index is -0.000000109. The predicted octanol–water partition coefficient (Wildman–Crippen LogP) is -6.26. The Morgan fingerprint density at radius 1 is 0.739 bits per heavy atom. The summed E-state index contributed by atoms with van der Waals surface area (Å²) in [5.41, 5.74) is 5.63. The number of carboxylic acids is 2. The summed E-state index contributed by atoms with van der Waals surface area (Å²) in [6.07, 6.45) is 10.0. The van der Waals surface area contributed by atoms with E-state index in [-0.39, 0.29) is 63.9 Å². The molecule has 140 valence electrons. The zero-order chi connectivity index (χ0) is 14.3. The molecule has 0 aromatic rings. The summed E-state index contributed by atoms with van der Waals surface area (Å²) < 4.78 is 0. The smallest absolute Gasteiger partial charge is 1.00 e. The van der Waals surface area contributed by atoms with Crippen molar-refractivity contribution in [1.29, 1.82) is 0 Å². The van der Waals surface area contributed by atoms with Crippen LogP contribution in [0.4, 0.5) is 0 Å². The molecule has 3 aliphatic rings. The number of nitrogens with two attached hydrogens (primary N) is 1. The number of hydrogen-bond donors (Lipinski definition) is 2. The van der Waals surface area contributed by atoms with E-state index >= 15 is 0 Å². The van der Waals surface area contributed by atoms with Crippen LogP contribution in [0.5, 0.6) is 0 Å². The number of carboxylic acid groups (broad SMARTS) is 2. The van der Waals surface area contributed by atoms with Crippen LogP contribution in [-0.2, 0) is 30.7 Å². The van der Waals surface area contributed by atoms with Gasteiger partial charge in [-0.15, -0.1) is 0 Å². The molecule has 0 radical (unpaired) electrons. The Morgan fingerprint density at radius 3 is 1.13 bits per heavy atom. The molecule has 3 fully saturated rings. The second kappa shape index (κ2) is 17.0. The van der Waals surface area contributed by atoms with Crippen molar-refractivity contribution < 1.29 is 65.7 Å². The molecule has 0 heterocycles. The molecule has 3 aliphatic carbocycles. The second-order valence-electron chi connectivity index (χ2n) is 5.58. The zero-order valence-corrected chi connectivity index (χ0v) is 16.9. The van der Waals surface area contributed by atoms with Crippen molar-refractivity contribution in [2.24, 2.45) is 17.6 Å². The molecule has 5 N–H and O–H groups in total. The Morgan fingerprint density at radius 2 is 1.04 bits per heavy atom. The van der Waals surface area contributed by atoms with Crippen LogP contribution < -0.4 is 46.9 Å². The number of halogens is 2. The standard InChI is InChI=1S/C6H13N.2C4H6O2.2ClH.H3N.Pt/c7-6-4-2-1-3-5-6;2*5-4(6)3-1-2-3;;;;/h6H,1-5,7H2;2*3H,1-2H2,(H,5,6);2*1H;1H3;/q;;;;;;+4/p-4. The van der Waals surface area contributed by atoms with Gasteiger partial charge in [0, 0.05) is 18.0 Å². The maximum atomic E-state index is 9.65. The van der Waals surface area contributed by atoms with E-state index in [0.29, 0.717) is 6.04 Å². The first-order chi connectivity index (χ1) is 9.00. The Bertz CT molecular complexity index is 289. The van der Waals surface area contributed by atoms with Gasteiger partial charge in [-0.1, -0.05) is 19.3 Å². The van der Waals surface area contributed by atoms with Crippen LogP contribution >= 0.6 is 0 Å². The topological polar surface area (TPSA) is 141 Å². The third kappa shape index (κ3) is 18.3. The minimum atomic E-state index is -0.880. The van der Waals surface area contributed by atoms with Gasteiger partial charge in [0.25, 0.3) is 0 Å².